The molecular weight excluding hydrogens is 172 g/mol. The first-order valence-electron chi connectivity index (χ1n) is 3.88. The molecule has 0 aliphatic heterocycles. The summed E-state index contributed by atoms with van der Waals surface area (Å²) >= 11 is 5.71. The van der Waals surface area contributed by atoms with Gasteiger partial charge in [0.05, 0.1) is 5.69 Å². The van der Waals surface area contributed by atoms with E-state index in [1.54, 1.807) is 6.20 Å². The van der Waals surface area contributed by atoms with Crippen LogP contribution in [-0.4, -0.2) is 15.8 Å². The van der Waals surface area contributed by atoms with E-state index in [-0.39, 0.29) is 0 Å². The largest absolute Gasteiger partial charge is 0.245 e. The van der Waals surface area contributed by atoms with Crippen molar-refractivity contribution >= 4 is 17.7 Å². The zero-order valence-electron chi connectivity index (χ0n) is 7.00. The number of hydrogen-bond donors (Lipinski definition) is 0. The first-order valence-corrected chi connectivity index (χ1v) is 4.41. The Hall–Kier alpha value is -0.890. The molecule has 1 aromatic heterocycles. The molecule has 0 N–H and O–H groups in total. The van der Waals surface area contributed by atoms with Crippen molar-refractivity contribution in [2.75, 3.05) is 5.88 Å². The van der Waals surface area contributed by atoms with Crippen molar-refractivity contribution in [1.29, 1.82) is 0 Å². The molecule has 3 heteroatoms. The molecule has 64 valence electrons. The Labute approximate surface area is 77.3 Å². The van der Waals surface area contributed by atoms with Crippen LogP contribution in [0.5, 0.6) is 0 Å². The fourth-order valence-corrected chi connectivity index (χ4v) is 1.10. The smallest absolute Gasteiger partial charge is 0.115 e. The van der Waals surface area contributed by atoms with E-state index in [4.69, 9.17) is 11.6 Å². The van der Waals surface area contributed by atoms with Gasteiger partial charge in [-0.05, 0) is 18.6 Å². The number of halogens is 1. The Kier molecular flexibility index (Phi) is 3.74. The molecule has 0 amide bonds. The molecular formula is C9H11ClN2. The van der Waals surface area contributed by atoms with Crippen LogP contribution in [-0.2, 0) is 0 Å². The minimum absolute atomic E-state index is 0.570. The predicted octanol–water partition coefficient (Wildman–Crippen LogP) is 2.51. The Morgan fingerprint density at radius 1 is 1.67 bits per heavy atom. The minimum Gasteiger partial charge on any atom is -0.245 e. The lowest BCUT2D eigenvalue weighted by Gasteiger charge is -1.97. The van der Waals surface area contributed by atoms with Crippen LogP contribution in [0.3, 0.4) is 0 Å². The second-order valence-electron chi connectivity index (χ2n) is 2.42. The van der Waals surface area contributed by atoms with Crippen LogP contribution in [0.4, 0.5) is 0 Å². The number of allylic oxidation sites excluding steroid dienone is 1. The highest BCUT2D eigenvalue weighted by atomic mass is 35.5. The van der Waals surface area contributed by atoms with Gasteiger partial charge in [0.1, 0.15) is 6.33 Å². The van der Waals surface area contributed by atoms with Gasteiger partial charge in [-0.25, -0.2) is 9.97 Å². The highest BCUT2D eigenvalue weighted by Gasteiger charge is 1.92. The molecule has 0 fully saturated rings. The third kappa shape index (κ3) is 2.62. The molecule has 0 saturated carbocycles. The van der Waals surface area contributed by atoms with Crippen LogP contribution in [0.15, 0.2) is 24.2 Å². The summed E-state index contributed by atoms with van der Waals surface area (Å²) in [6, 6.07) is 1.86. The normalized spacial score (nSPS) is 11.7. The van der Waals surface area contributed by atoms with Crippen molar-refractivity contribution in [3.8, 4) is 0 Å². The Morgan fingerprint density at radius 3 is 3.00 bits per heavy atom. The maximum absolute atomic E-state index is 5.71. The van der Waals surface area contributed by atoms with E-state index in [2.05, 4.69) is 16.9 Å². The van der Waals surface area contributed by atoms with Crippen molar-refractivity contribution in [2.24, 2.45) is 0 Å². The standard InChI is InChI=1S/C9H11ClN2/c1-2-8(6-10)5-9-3-4-11-7-12-9/h3-5,7H,2,6H2,1H3/b8-5-. The highest BCUT2D eigenvalue weighted by molar-refractivity contribution is 6.19. The van der Waals surface area contributed by atoms with Gasteiger partial charge in [-0.1, -0.05) is 12.5 Å². The van der Waals surface area contributed by atoms with E-state index in [0.717, 1.165) is 12.1 Å². The molecule has 0 radical (unpaired) electrons. The number of alkyl halides is 1. The average Bonchev–Trinajstić information content (AvgIpc) is 2.16. The zero-order valence-corrected chi connectivity index (χ0v) is 7.75. The van der Waals surface area contributed by atoms with Gasteiger partial charge in [-0.15, -0.1) is 11.6 Å². The number of hydrogen-bond acceptors (Lipinski definition) is 2. The monoisotopic (exact) mass is 182 g/mol. The fraction of sp³-hybridized carbons (Fsp3) is 0.333. The molecule has 0 atom stereocenters. The predicted molar refractivity (Wildman–Crippen MR) is 51.0 cm³/mol. The van der Waals surface area contributed by atoms with Gasteiger partial charge in [0.2, 0.25) is 0 Å². The molecule has 0 aromatic carbocycles. The third-order valence-corrected chi connectivity index (χ3v) is 1.93. The second-order valence-corrected chi connectivity index (χ2v) is 2.69. The highest BCUT2D eigenvalue weighted by Crippen LogP contribution is 2.07. The maximum atomic E-state index is 5.71. The van der Waals surface area contributed by atoms with Gasteiger partial charge >= 0.3 is 0 Å². The lowest BCUT2D eigenvalue weighted by atomic mass is 10.2. The minimum atomic E-state index is 0.570. The van der Waals surface area contributed by atoms with Crippen LogP contribution in [0.25, 0.3) is 6.08 Å². The van der Waals surface area contributed by atoms with Gasteiger partial charge in [-0.2, -0.15) is 0 Å². The Morgan fingerprint density at radius 2 is 2.50 bits per heavy atom. The van der Waals surface area contributed by atoms with Crippen LogP contribution in [0.1, 0.15) is 19.0 Å². The zero-order chi connectivity index (χ0) is 8.81. The number of nitrogens with zero attached hydrogens (tertiary/aromatic N) is 2. The van der Waals surface area contributed by atoms with Crippen LogP contribution < -0.4 is 0 Å². The fourth-order valence-electron chi connectivity index (χ4n) is 0.831. The lowest BCUT2D eigenvalue weighted by Crippen LogP contribution is -1.85. The van der Waals surface area contributed by atoms with Crippen molar-refractivity contribution in [2.45, 2.75) is 13.3 Å². The topological polar surface area (TPSA) is 25.8 Å². The molecule has 0 spiro atoms. The van der Waals surface area contributed by atoms with Gasteiger partial charge in [-0.3, -0.25) is 0 Å². The molecule has 1 aromatic rings. The van der Waals surface area contributed by atoms with Crippen molar-refractivity contribution in [3.05, 3.63) is 29.9 Å². The number of aromatic nitrogens is 2. The molecule has 0 aliphatic rings. The molecule has 0 bridgehead atoms. The Balaban J connectivity index is 2.79. The van der Waals surface area contributed by atoms with Gasteiger partial charge < -0.3 is 0 Å². The molecule has 1 rings (SSSR count). The van der Waals surface area contributed by atoms with E-state index in [1.807, 2.05) is 12.1 Å². The maximum Gasteiger partial charge on any atom is 0.115 e. The third-order valence-electron chi connectivity index (χ3n) is 1.58. The summed E-state index contributed by atoms with van der Waals surface area (Å²) in [5.74, 6) is 0.570. The van der Waals surface area contributed by atoms with E-state index < -0.39 is 0 Å². The van der Waals surface area contributed by atoms with Crippen LogP contribution in [0, 0.1) is 0 Å². The van der Waals surface area contributed by atoms with E-state index in [0.29, 0.717) is 5.88 Å². The van der Waals surface area contributed by atoms with Crippen LogP contribution in [0.2, 0.25) is 0 Å². The van der Waals surface area contributed by atoms with Crippen molar-refractivity contribution in [1.82, 2.24) is 9.97 Å². The first kappa shape index (κ1) is 9.20. The summed E-state index contributed by atoms with van der Waals surface area (Å²) in [5, 5.41) is 0. The second kappa shape index (κ2) is 4.88. The molecule has 1 heterocycles. The number of rotatable bonds is 3. The average molecular weight is 183 g/mol. The van der Waals surface area contributed by atoms with Gasteiger partial charge in [0, 0.05) is 12.1 Å². The SMILES string of the molecule is CC/C(=C/c1ccncn1)CCl. The summed E-state index contributed by atoms with van der Waals surface area (Å²) in [6.07, 6.45) is 6.22. The van der Waals surface area contributed by atoms with Gasteiger partial charge in [0.15, 0.2) is 0 Å². The molecule has 0 unspecified atom stereocenters. The van der Waals surface area contributed by atoms with Crippen LogP contribution >= 0.6 is 11.6 Å². The Bertz CT molecular complexity index is 250. The summed E-state index contributed by atoms with van der Waals surface area (Å²) in [7, 11) is 0. The summed E-state index contributed by atoms with van der Waals surface area (Å²) < 4.78 is 0. The van der Waals surface area contributed by atoms with E-state index in [9.17, 15) is 0 Å². The summed E-state index contributed by atoms with van der Waals surface area (Å²) in [4.78, 5) is 7.90. The molecule has 2 nitrogen and oxygen atoms in total. The first-order chi connectivity index (χ1) is 5.86. The van der Waals surface area contributed by atoms with Gasteiger partial charge in [0.25, 0.3) is 0 Å². The summed E-state index contributed by atoms with van der Waals surface area (Å²) in [6.45, 7) is 2.08. The molecule has 12 heavy (non-hydrogen) atoms. The van der Waals surface area contributed by atoms with E-state index in [1.165, 1.54) is 11.9 Å². The molecule has 0 saturated heterocycles. The summed E-state index contributed by atoms with van der Waals surface area (Å²) in [5.41, 5.74) is 2.11. The van der Waals surface area contributed by atoms with E-state index >= 15 is 0 Å². The quantitative estimate of drug-likeness (QED) is 0.672. The molecule has 0 aliphatic carbocycles. The van der Waals surface area contributed by atoms with Crippen molar-refractivity contribution < 1.29 is 0 Å². The lowest BCUT2D eigenvalue weighted by molar-refractivity contribution is 1.10. The van der Waals surface area contributed by atoms with Crippen molar-refractivity contribution in [3.63, 3.8) is 0 Å².